The molecule has 0 atom stereocenters. The van der Waals surface area contributed by atoms with Gasteiger partial charge >= 0.3 is 0 Å². The van der Waals surface area contributed by atoms with Gasteiger partial charge in [-0.1, -0.05) is 13.8 Å². The quantitative estimate of drug-likeness (QED) is 0.928. The molecule has 0 bridgehead atoms. The predicted molar refractivity (Wildman–Crippen MR) is 82.5 cm³/mol. The maximum atomic E-state index is 12.4. The van der Waals surface area contributed by atoms with Gasteiger partial charge in [0.25, 0.3) is 5.91 Å². The number of benzene rings is 1. The average molecular weight is 291 g/mol. The zero-order valence-corrected chi connectivity index (χ0v) is 13.1. The second-order valence-corrected chi connectivity index (χ2v) is 6.52. The van der Waals surface area contributed by atoms with Crippen LogP contribution in [-0.2, 0) is 0 Å². The Morgan fingerprint density at radius 2 is 1.86 bits per heavy atom. The number of nitrogens with zero attached hydrogens (tertiary/aromatic N) is 1. The molecule has 0 unspecified atom stereocenters. The summed E-state index contributed by atoms with van der Waals surface area (Å²) in [6.45, 7) is 7.92. The molecule has 1 N–H and O–H groups in total. The summed E-state index contributed by atoms with van der Waals surface area (Å²) in [4.78, 5) is 14.2. The normalized spacial score (nSPS) is 17.9. The van der Waals surface area contributed by atoms with E-state index in [1.54, 1.807) is 0 Å². The number of likely N-dealkylation sites (tertiary alicyclic amines) is 1. The van der Waals surface area contributed by atoms with Crippen molar-refractivity contribution in [1.29, 1.82) is 0 Å². The van der Waals surface area contributed by atoms with E-state index in [-0.39, 0.29) is 5.91 Å². The smallest absolute Gasteiger partial charge is 0.253 e. The molecule has 1 aromatic carbocycles. The molecule has 0 aromatic heterocycles. The van der Waals surface area contributed by atoms with Crippen LogP contribution in [0.3, 0.4) is 0 Å². The molecule has 1 amide bonds. The molecule has 1 aromatic rings. The number of hydrogen-bond acceptors (Lipinski definition) is 3. The highest BCUT2D eigenvalue weighted by molar-refractivity contribution is 5.94. The second-order valence-electron chi connectivity index (χ2n) is 6.52. The van der Waals surface area contributed by atoms with Gasteiger partial charge in [-0.15, -0.1) is 0 Å². The van der Waals surface area contributed by atoms with E-state index in [9.17, 15) is 9.90 Å². The number of hydrogen-bond donors (Lipinski definition) is 1. The van der Waals surface area contributed by atoms with Crippen LogP contribution < -0.4 is 4.74 Å². The Hall–Kier alpha value is -1.55. The van der Waals surface area contributed by atoms with E-state index in [4.69, 9.17) is 4.74 Å². The summed E-state index contributed by atoms with van der Waals surface area (Å²) in [6, 6.07) is 7.31. The lowest BCUT2D eigenvalue weighted by Crippen LogP contribution is -2.45. The molecule has 1 heterocycles. The van der Waals surface area contributed by atoms with Crippen molar-refractivity contribution in [2.45, 2.75) is 39.2 Å². The van der Waals surface area contributed by atoms with Crippen LogP contribution in [0.15, 0.2) is 24.3 Å². The van der Waals surface area contributed by atoms with Crippen molar-refractivity contribution in [3.05, 3.63) is 29.8 Å². The standard InChI is InChI=1S/C17H25NO3/c1-13(2)12-21-15-6-4-14(5-7-15)16(19)18-10-8-17(3,20)9-11-18/h4-7,13,20H,8-12H2,1-3H3. The van der Waals surface area contributed by atoms with Crippen molar-refractivity contribution in [3.8, 4) is 5.75 Å². The molecule has 21 heavy (non-hydrogen) atoms. The van der Waals surface area contributed by atoms with Crippen molar-refractivity contribution in [3.63, 3.8) is 0 Å². The molecule has 1 aliphatic rings. The van der Waals surface area contributed by atoms with E-state index in [1.165, 1.54) is 0 Å². The lowest BCUT2D eigenvalue weighted by Gasteiger charge is -2.35. The van der Waals surface area contributed by atoms with E-state index in [0.29, 0.717) is 44.0 Å². The number of piperidine rings is 1. The van der Waals surface area contributed by atoms with Crippen LogP contribution in [0.25, 0.3) is 0 Å². The SMILES string of the molecule is CC(C)COc1ccc(C(=O)N2CCC(C)(O)CC2)cc1. The highest BCUT2D eigenvalue weighted by Crippen LogP contribution is 2.23. The predicted octanol–water partition coefficient (Wildman–Crippen LogP) is 2.71. The number of carbonyl (C=O) groups is 1. The number of rotatable bonds is 4. The molecule has 2 rings (SSSR count). The van der Waals surface area contributed by atoms with Crippen molar-refractivity contribution < 1.29 is 14.6 Å². The molecular formula is C17H25NO3. The third-order valence-electron chi connectivity index (χ3n) is 3.81. The Morgan fingerprint density at radius 3 is 2.38 bits per heavy atom. The summed E-state index contributed by atoms with van der Waals surface area (Å²) in [5, 5.41) is 9.93. The topological polar surface area (TPSA) is 49.8 Å². The summed E-state index contributed by atoms with van der Waals surface area (Å²) in [5.74, 6) is 1.30. The molecule has 4 heteroatoms. The zero-order chi connectivity index (χ0) is 15.5. The van der Waals surface area contributed by atoms with Gasteiger partial charge in [-0.25, -0.2) is 0 Å². The first-order valence-corrected chi connectivity index (χ1v) is 7.62. The minimum absolute atomic E-state index is 0.0286. The first kappa shape index (κ1) is 15.8. The van der Waals surface area contributed by atoms with Gasteiger partial charge in [0.15, 0.2) is 0 Å². The lowest BCUT2D eigenvalue weighted by atomic mass is 9.93. The molecule has 4 nitrogen and oxygen atoms in total. The van der Waals surface area contributed by atoms with E-state index in [0.717, 1.165) is 5.75 Å². The highest BCUT2D eigenvalue weighted by atomic mass is 16.5. The lowest BCUT2D eigenvalue weighted by molar-refractivity contribution is -0.00202. The third kappa shape index (κ3) is 4.46. The average Bonchev–Trinajstić information content (AvgIpc) is 2.45. The summed E-state index contributed by atoms with van der Waals surface area (Å²) >= 11 is 0. The van der Waals surface area contributed by atoms with Crippen LogP contribution >= 0.6 is 0 Å². The second kappa shape index (κ2) is 6.48. The molecule has 1 fully saturated rings. The Balaban J connectivity index is 1.94. The zero-order valence-electron chi connectivity index (χ0n) is 13.1. The third-order valence-corrected chi connectivity index (χ3v) is 3.81. The van der Waals surface area contributed by atoms with Crippen LogP contribution in [0.5, 0.6) is 5.75 Å². The molecule has 0 radical (unpaired) electrons. The van der Waals surface area contributed by atoms with E-state index in [2.05, 4.69) is 13.8 Å². The first-order valence-electron chi connectivity index (χ1n) is 7.62. The molecule has 0 saturated carbocycles. The van der Waals surface area contributed by atoms with Gasteiger partial charge in [-0.3, -0.25) is 4.79 Å². The van der Waals surface area contributed by atoms with Gasteiger partial charge < -0.3 is 14.7 Å². The number of ether oxygens (including phenoxy) is 1. The largest absolute Gasteiger partial charge is 0.493 e. The van der Waals surface area contributed by atoms with E-state index >= 15 is 0 Å². The number of carbonyl (C=O) groups excluding carboxylic acids is 1. The minimum Gasteiger partial charge on any atom is -0.493 e. The Labute approximate surface area is 126 Å². The monoisotopic (exact) mass is 291 g/mol. The van der Waals surface area contributed by atoms with Crippen LogP contribution in [0.1, 0.15) is 44.0 Å². The summed E-state index contributed by atoms with van der Waals surface area (Å²) < 4.78 is 5.62. The van der Waals surface area contributed by atoms with Crippen LogP contribution in [0, 0.1) is 5.92 Å². The van der Waals surface area contributed by atoms with Crippen molar-refractivity contribution in [2.75, 3.05) is 19.7 Å². The summed E-state index contributed by atoms with van der Waals surface area (Å²) in [5.41, 5.74) is 0.0409. The number of amides is 1. The van der Waals surface area contributed by atoms with Crippen molar-refractivity contribution in [2.24, 2.45) is 5.92 Å². The molecular weight excluding hydrogens is 266 g/mol. The van der Waals surface area contributed by atoms with Crippen molar-refractivity contribution in [1.82, 2.24) is 4.90 Å². The highest BCUT2D eigenvalue weighted by Gasteiger charge is 2.29. The minimum atomic E-state index is -0.634. The molecule has 116 valence electrons. The first-order chi connectivity index (χ1) is 9.87. The van der Waals surface area contributed by atoms with E-state index in [1.807, 2.05) is 36.1 Å². The summed E-state index contributed by atoms with van der Waals surface area (Å²) in [6.07, 6.45) is 1.27. The van der Waals surface area contributed by atoms with E-state index < -0.39 is 5.60 Å². The van der Waals surface area contributed by atoms with Crippen LogP contribution in [0.4, 0.5) is 0 Å². The van der Waals surface area contributed by atoms with Crippen molar-refractivity contribution >= 4 is 5.91 Å². The molecule has 1 saturated heterocycles. The molecule has 0 spiro atoms. The summed E-state index contributed by atoms with van der Waals surface area (Å²) in [7, 11) is 0. The van der Waals surface area contributed by atoms with Gasteiger partial charge in [0.05, 0.1) is 12.2 Å². The van der Waals surface area contributed by atoms with Crippen LogP contribution in [0.2, 0.25) is 0 Å². The fourth-order valence-corrected chi connectivity index (χ4v) is 2.33. The maximum Gasteiger partial charge on any atom is 0.253 e. The van der Waals surface area contributed by atoms with Gasteiger partial charge in [0.2, 0.25) is 0 Å². The van der Waals surface area contributed by atoms with Gasteiger partial charge in [0.1, 0.15) is 5.75 Å². The maximum absolute atomic E-state index is 12.4. The Bertz CT molecular complexity index is 469. The fourth-order valence-electron chi connectivity index (χ4n) is 2.33. The number of aliphatic hydroxyl groups is 1. The van der Waals surface area contributed by atoms with Gasteiger partial charge in [-0.2, -0.15) is 0 Å². The Morgan fingerprint density at radius 1 is 1.29 bits per heavy atom. The molecule has 0 aliphatic carbocycles. The molecule has 1 aliphatic heterocycles. The van der Waals surface area contributed by atoms with Gasteiger partial charge in [-0.05, 0) is 49.9 Å². The fraction of sp³-hybridized carbons (Fsp3) is 0.588. The van der Waals surface area contributed by atoms with Gasteiger partial charge in [0, 0.05) is 18.7 Å². The Kier molecular flexibility index (Phi) is 4.88. The van der Waals surface area contributed by atoms with Crippen LogP contribution in [-0.4, -0.2) is 41.2 Å².